The van der Waals surface area contributed by atoms with E-state index in [2.05, 4.69) is 15.3 Å². The van der Waals surface area contributed by atoms with Gasteiger partial charge in [0.2, 0.25) is 5.91 Å². The van der Waals surface area contributed by atoms with Gasteiger partial charge in [-0.05, 0) is 18.4 Å². The van der Waals surface area contributed by atoms with Gasteiger partial charge in [-0.1, -0.05) is 30.3 Å². The third kappa shape index (κ3) is 5.10. The lowest BCUT2D eigenvalue weighted by atomic mass is 10.1. The van der Waals surface area contributed by atoms with Crippen molar-refractivity contribution in [3.05, 3.63) is 68.5 Å². The molecular weight excluding hydrogens is 270 g/mol. The minimum absolute atomic E-state index is 0.00943. The van der Waals surface area contributed by atoms with Crippen LogP contribution in [0.1, 0.15) is 17.7 Å². The number of hydrogen-bond acceptors (Lipinski definition) is 3. The number of aryl methyl sites for hydroxylation is 1. The zero-order valence-corrected chi connectivity index (χ0v) is 11.5. The Morgan fingerprint density at radius 1 is 1.10 bits per heavy atom. The van der Waals surface area contributed by atoms with Crippen LogP contribution in [0.25, 0.3) is 0 Å². The highest BCUT2D eigenvalue weighted by atomic mass is 16.2. The van der Waals surface area contributed by atoms with Crippen LogP contribution in [0.15, 0.2) is 46.0 Å². The van der Waals surface area contributed by atoms with Gasteiger partial charge in [-0.3, -0.25) is 14.6 Å². The molecule has 0 radical (unpaired) electrons. The largest absolute Gasteiger partial charge is 0.356 e. The number of carbonyl (C=O) groups excluding carboxylic acids is 1. The Bertz CT molecular complexity index is 676. The fraction of sp³-hybridized carbons (Fsp3) is 0.267. The second-order valence-electron chi connectivity index (χ2n) is 4.73. The minimum Gasteiger partial charge on any atom is -0.356 e. The van der Waals surface area contributed by atoms with Crippen LogP contribution in [0.2, 0.25) is 0 Å². The number of hydrogen-bond donors (Lipinski definition) is 3. The van der Waals surface area contributed by atoms with Crippen molar-refractivity contribution in [3.63, 3.8) is 0 Å². The maximum absolute atomic E-state index is 11.7. The zero-order chi connectivity index (χ0) is 15.1. The summed E-state index contributed by atoms with van der Waals surface area (Å²) < 4.78 is 0. The highest BCUT2D eigenvalue weighted by Gasteiger charge is 2.04. The standard InChI is InChI=1S/C15H17N3O3/c19-13(9-12-10-14(20)18-15(21)17-12)16-8-4-7-11-5-2-1-3-6-11/h1-3,5-6,10H,4,7-9H2,(H,16,19)(H2,17,18,20,21). The average Bonchev–Trinajstić information content (AvgIpc) is 2.43. The van der Waals surface area contributed by atoms with Gasteiger partial charge in [0.1, 0.15) is 0 Å². The number of amides is 1. The molecule has 6 nitrogen and oxygen atoms in total. The molecule has 1 heterocycles. The fourth-order valence-corrected chi connectivity index (χ4v) is 2.02. The van der Waals surface area contributed by atoms with Crippen molar-refractivity contribution in [3.8, 4) is 0 Å². The summed E-state index contributed by atoms with van der Waals surface area (Å²) in [5.41, 5.74) is 0.426. The number of H-pyrrole nitrogens is 2. The van der Waals surface area contributed by atoms with Crippen molar-refractivity contribution in [2.24, 2.45) is 0 Å². The molecule has 0 aliphatic heterocycles. The molecule has 0 saturated heterocycles. The molecule has 2 aromatic rings. The van der Waals surface area contributed by atoms with Crippen molar-refractivity contribution in [2.75, 3.05) is 6.54 Å². The maximum Gasteiger partial charge on any atom is 0.325 e. The summed E-state index contributed by atoms with van der Waals surface area (Å²) in [6.07, 6.45) is 1.72. The number of aromatic nitrogens is 2. The predicted molar refractivity (Wildman–Crippen MR) is 79.2 cm³/mol. The first-order valence-corrected chi connectivity index (χ1v) is 6.76. The third-order valence-electron chi connectivity index (χ3n) is 2.97. The van der Waals surface area contributed by atoms with E-state index in [-0.39, 0.29) is 12.3 Å². The monoisotopic (exact) mass is 287 g/mol. The van der Waals surface area contributed by atoms with Gasteiger partial charge >= 0.3 is 5.69 Å². The number of nitrogens with one attached hydrogen (secondary N) is 3. The fourth-order valence-electron chi connectivity index (χ4n) is 2.02. The van der Waals surface area contributed by atoms with Gasteiger partial charge in [-0.15, -0.1) is 0 Å². The maximum atomic E-state index is 11.7. The Morgan fingerprint density at radius 3 is 2.57 bits per heavy atom. The van der Waals surface area contributed by atoms with E-state index < -0.39 is 11.2 Å². The van der Waals surface area contributed by atoms with E-state index in [9.17, 15) is 14.4 Å². The highest BCUT2D eigenvalue weighted by molar-refractivity contribution is 5.77. The molecule has 1 aromatic carbocycles. The van der Waals surface area contributed by atoms with Crippen LogP contribution in [-0.2, 0) is 17.6 Å². The molecule has 1 aromatic heterocycles. The van der Waals surface area contributed by atoms with Crippen LogP contribution in [0, 0.1) is 0 Å². The highest BCUT2D eigenvalue weighted by Crippen LogP contribution is 2.01. The Kier molecular flexibility index (Phi) is 5.09. The molecule has 0 atom stereocenters. The number of aromatic amines is 2. The van der Waals surface area contributed by atoms with Crippen molar-refractivity contribution >= 4 is 5.91 Å². The third-order valence-corrected chi connectivity index (χ3v) is 2.97. The van der Waals surface area contributed by atoms with Gasteiger partial charge in [-0.25, -0.2) is 4.79 Å². The molecule has 0 spiro atoms. The molecule has 21 heavy (non-hydrogen) atoms. The number of rotatable bonds is 6. The number of benzene rings is 1. The van der Waals surface area contributed by atoms with E-state index in [0.29, 0.717) is 12.2 Å². The van der Waals surface area contributed by atoms with Crippen molar-refractivity contribution < 1.29 is 4.79 Å². The predicted octanol–water partition coefficient (Wildman–Crippen LogP) is 0.355. The van der Waals surface area contributed by atoms with E-state index in [1.54, 1.807) is 0 Å². The Labute approximate surface area is 121 Å². The second-order valence-corrected chi connectivity index (χ2v) is 4.73. The summed E-state index contributed by atoms with van der Waals surface area (Å²) in [5.74, 6) is -0.218. The van der Waals surface area contributed by atoms with E-state index in [1.165, 1.54) is 11.6 Å². The summed E-state index contributed by atoms with van der Waals surface area (Å²) in [5, 5.41) is 2.77. The van der Waals surface area contributed by atoms with Crippen molar-refractivity contribution in [1.29, 1.82) is 0 Å². The molecule has 3 N–H and O–H groups in total. The molecule has 0 aliphatic rings. The summed E-state index contributed by atoms with van der Waals surface area (Å²) >= 11 is 0. The van der Waals surface area contributed by atoms with Gasteiger partial charge in [-0.2, -0.15) is 0 Å². The quantitative estimate of drug-likeness (QED) is 0.669. The second kappa shape index (κ2) is 7.23. The summed E-state index contributed by atoms with van der Waals surface area (Å²) in [6.45, 7) is 0.557. The molecule has 1 amide bonds. The Hall–Kier alpha value is -2.63. The lowest BCUT2D eigenvalue weighted by molar-refractivity contribution is -0.120. The molecule has 6 heteroatoms. The van der Waals surface area contributed by atoms with E-state index >= 15 is 0 Å². The normalized spacial score (nSPS) is 10.3. The van der Waals surface area contributed by atoms with Gasteiger partial charge in [0.05, 0.1) is 6.42 Å². The minimum atomic E-state index is -0.602. The SMILES string of the molecule is O=C(Cc1cc(=O)[nH]c(=O)[nH]1)NCCCc1ccccc1. The van der Waals surface area contributed by atoms with Crippen LogP contribution in [0.5, 0.6) is 0 Å². The molecule has 0 bridgehead atoms. The molecule has 0 saturated carbocycles. The van der Waals surface area contributed by atoms with Crippen molar-refractivity contribution in [2.45, 2.75) is 19.3 Å². The van der Waals surface area contributed by atoms with Crippen LogP contribution >= 0.6 is 0 Å². The van der Waals surface area contributed by atoms with E-state index in [4.69, 9.17) is 0 Å². The van der Waals surface area contributed by atoms with Gasteiger partial charge in [0.15, 0.2) is 0 Å². The summed E-state index contributed by atoms with van der Waals surface area (Å²) in [7, 11) is 0. The lowest BCUT2D eigenvalue weighted by Crippen LogP contribution is -2.29. The van der Waals surface area contributed by atoms with Gasteiger partial charge < -0.3 is 10.3 Å². The first-order valence-electron chi connectivity index (χ1n) is 6.76. The molecule has 0 fully saturated rings. The van der Waals surface area contributed by atoms with Crippen LogP contribution < -0.4 is 16.6 Å². The molecular formula is C15H17N3O3. The molecule has 0 unspecified atom stereocenters. The first-order chi connectivity index (χ1) is 10.1. The van der Waals surface area contributed by atoms with Crippen LogP contribution in [0.4, 0.5) is 0 Å². The Balaban J connectivity index is 1.75. The molecule has 0 aliphatic carbocycles. The zero-order valence-electron chi connectivity index (χ0n) is 11.5. The van der Waals surface area contributed by atoms with Crippen molar-refractivity contribution in [1.82, 2.24) is 15.3 Å². The average molecular weight is 287 g/mol. The van der Waals surface area contributed by atoms with Crippen LogP contribution in [0.3, 0.4) is 0 Å². The smallest absolute Gasteiger partial charge is 0.325 e. The van der Waals surface area contributed by atoms with Gasteiger partial charge in [0.25, 0.3) is 5.56 Å². The lowest BCUT2D eigenvalue weighted by Gasteiger charge is -2.05. The van der Waals surface area contributed by atoms with Crippen LogP contribution in [-0.4, -0.2) is 22.4 Å². The van der Waals surface area contributed by atoms with Gasteiger partial charge in [0, 0.05) is 18.3 Å². The topological polar surface area (TPSA) is 94.8 Å². The molecule has 2 rings (SSSR count). The number of carbonyl (C=O) groups is 1. The van der Waals surface area contributed by atoms with E-state index in [0.717, 1.165) is 12.8 Å². The summed E-state index contributed by atoms with van der Waals surface area (Å²) in [4.78, 5) is 38.3. The summed E-state index contributed by atoms with van der Waals surface area (Å²) in [6, 6.07) is 11.2. The first kappa shape index (κ1) is 14.8. The Morgan fingerprint density at radius 2 is 1.86 bits per heavy atom. The molecule has 110 valence electrons. The van der Waals surface area contributed by atoms with E-state index in [1.807, 2.05) is 30.3 Å².